The fourth-order valence-corrected chi connectivity index (χ4v) is 5.21. The van der Waals surface area contributed by atoms with Crippen molar-refractivity contribution in [3.05, 3.63) is 75.3 Å². The highest BCUT2D eigenvalue weighted by Crippen LogP contribution is 2.20. The van der Waals surface area contributed by atoms with Gasteiger partial charge in [-0.3, -0.25) is 9.78 Å². The van der Waals surface area contributed by atoms with Gasteiger partial charge in [-0.15, -0.1) is 16.4 Å². The third kappa shape index (κ3) is 5.49. The van der Waals surface area contributed by atoms with E-state index in [0.29, 0.717) is 29.8 Å². The average molecular weight is 486 g/mol. The van der Waals surface area contributed by atoms with Gasteiger partial charge in [0.25, 0.3) is 0 Å². The lowest BCUT2D eigenvalue weighted by Crippen LogP contribution is -2.23. The number of carbonyl (C=O) groups is 1. The smallest absolute Gasteiger partial charge is 0.240 e. The van der Waals surface area contributed by atoms with Crippen LogP contribution in [0, 0.1) is 6.92 Å². The maximum atomic E-state index is 12.6. The zero-order valence-corrected chi connectivity index (χ0v) is 19.5. The zero-order valence-electron chi connectivity index (χ0n) is 17.1. The Hall–Kier alpha value is -2.86. The summed E-state index contributed by atoms with van der Waals surface area (Å²) in [5, 5.41) is 6.74. The Morgan fingerprint density at radius 3 is 2.50 bits per heavy atom. The van der Waals surface area contributed by atoms with Crippen LogP contribution in [-0.4, -0.2) is 33.8 Å². The van der Waals surface area contributed by atoms with Gasteiger partial charge in [0.15, 0.2) is 5.78 Å². The van der Waals surface area contributed by atoms with E-state index in [4.69, 9.17) is 0 Å². The largest absolute Gasteiger partial charge is 0.292 e. The highest BCUT2D eigenvalue weighted by Gasteiger charge is 2.15. The topological polar surface area (TPSA) is 115 Å². The van der Waals surface area contributed by atoms with E-state index in [-0.39, 0.29) is 17.2 Å². The van der Waals surface area contributed by atoms with Crippen molar-refractivity contribution < 1.29 is 13.2 Å². The Bertz CT molecular complexity index is 1300. The maximum Gasteiger partial charge on any atom is 0.240 e. The third-order valence-corrected chi connectivity index (χ3v) is 7.56. The van der Waals surface area contributed by atoms with Crippen molar-refractivity contribution in [1.29, 1.82) is 0 Å². The molecule has 4 aromatic rings. The lowest BCUT2D eigenvalue weighted by atomic mass is 10.1. The van der Waals surface area contributed by atoms with E-state index in [1.807, 2.05) is 6.92 Å². The van der Waals surface area contributed by atoms with Crippen LogP contribution < -0.4 is 4.72 Å². The van der Waals surface area contributed by atoms with E-state index >= 15 is 0 Å². The molecule has 11 heteroatoms. The molecular formula is C21H19N5O3S3. The van der Waals surface area contributed by atoms with Crippen LogP contribution >= 0.6 is 22.9 Å². The molecule has 1 N–H and O–H groups in total. The summed E-state index contributed by atoms with van der Waals surface area (Å²) in [6, 6.07) is 9.78. The lowest BCUT2D eigenvalue weighted by Gasteiger charge is -2.08. The molecule has 0 aliphatic carbocycles. The van der Waals surface area contributed by atoms with Crippen LogP contribution in [-0.2, 0) is 23.0 Å². The first-order valence-electron chi connectivity index (χ1n) is 9.67. The summed E-state index contributed by atoms with van der Waals surface area (Å²) in [6.07, 6.45) is 4.30. The Kier molecular flexibility index (Phi) is 6.80. The molecule has 3 aromatic heterocycles. The average Bonchev–Trinajstić information content (AvgIpc) is 3.49. The van der Waals surface area contributed by atoms with Crippen LogP contribution in [0.2, 0.25) is 0 Å². The van der Waals surface area contributed by atoms with E-state index < -0.39 is 10.0 Å². The van der Waals surface area contributed by atoms with Gasteiger partial charge in [0.1, 0.15) is 11.4 Å². The molecule has 0 amide bonds. The fourth-order valence-electron chi connectivity index (χ4n) is 2.94. The predicted octanol–water partition coefficient (Wildman–Crippen LogP) is 3.66. The second-order valence-corrected chi connectivity index (χ2v) is 10.7. The Balaban J connectivity index is 1.33. The first kappa shape index (κ1) is 22.3. The summed E-state index contributed by atoms with van der Waals surface area (Å²) >= 11 is 2.81. The summed E-state index contributed by atoms with van der Waals surface area (Å²) in [5.74, 6) is -0.0569. The molecule has 4 rings (SSSR count). The predicted molar refractivity (Wildman–Crippen MR) is 123 cm³/mol. The molecular weight excluding hydrogens is 466 g/mol. The zero-order chi connectivity index (χ0) is 22.6. The van der Waals surface area contributed by atoms with E-state index in [9.17, 15) is 13.2 Å². The lowest BCUT2D eigenvalue weighted by molar-refractivity contribution is 0.0978. The Morgan fingerprint density at radius 2 is 1.88 bits per heavy atom. The number of benzene rings is 1. The molecule has 3 heterocycles. The van der Waals surface area contributed by atoms with Crippen molar-refractivity contribution in [3.63, 3.8) is 0 Å². The summed E-state index contributed by atoms with van der Waals surface area (Å²) in [6.45, 7) is 2.00. The van der Waals surface area contributed by atoms with Crippen LogP contribution in [0.25, 0.3) is 11.3 Å². The van der Waals surface area contributed by atoms with Gasteiger partial charge in [-0.25, -0.2) is 18.1 Å². The Morgan fingerprint density at radius 1 is 1.06 bits per heavy atom. The number of thiazole rings is 1. The molecule has 0 bridgehead atoms. The molecule has 0 radical (unpaired) electrons. The number of hydrogen-bond donors (Lipinski definition) is 1. The summed E-state index contributed by atoms with van der Waals surface area (Å²) < 4.78 is 31.5. The minimum absolute atomic E-state index is 0.0569. The maximum absolute atomic E-state index is 12.6. The summed E-state index contributed by atoms with van der Waals surface area (Å²) in [7, 11) is -3.69. The first-order valence-corrected chi connectivity index (χ1v) is 12.8. The van der Waals surface area contributed by atoms with Crippen molar-refractivity contribution in [1.82, 2.24) is 24.3 Å². The highest BCUT2D eigenvalue weighted by atomic mass is 32.2. The van der Waals surface area contributed by atoms with Gasteiger partial charge in [0.2, 0.25) is 10.0 Å². The molecule has 0 atom stereocenters. The van der Waals surface area contributed by atoms with Crippen molar-refractivity contribution >= 4 is 38.7 Å². The SMILES string of the molecule is Cc1ncc(CCC(=O)c2ccc(CNS(=O)(=O)c3ccc(-c4csnn4)cc3)cn2)s1. The number of nitrogens with zero attached hydrogens (tertiary/aromatic N) is 4. The molecule has 0 fully saturated rings. The normalized spacial score (nSPS) is 11.5. The van der Waals surface area contributed by atoms with E-state index in [2.05, 4.69) is 24.3 Å². The van der Waals surface area contributed by atoms with Gasteiger partial charge in [-0.1, -0.05) is 22.7 Å². The number of carbonyl (C=O) groups excluding carboxylic acids is 1. The second-order valence-electron chi connectivity index (χ2n) is 6.96. The Labute approximate surface area is 193 Å². The number of hydrogen-bond acceptors (Lipinski definition) is 9. The molecule has 0 saturated heterocycles. The quantitative estimate of drug-likeness (QED) is 0.360. The van der Waals surface area contributed by atoms with Gasteiger partial charge < -0.3 is 0 Å². The number of Topliss-reactive ketones (excluding diaryl/α,β-unsaturated/α-hetero) is 1. The minimum Gasteiger partial charge on any atom is -0.292 e. The number of aryl methyl sites for hydroxylation is 2. The number of ketones is 1. The molecule has 0 saturated carbocycles. The molecule has 1 aromatic carbocycles. The van der Waals surface area contributed by atoms with E-state index in [1.165, 1.54) is 29.9 Å². The van der Waals surface area contributed by atoms with E-state index in [1.54, 1.807) is 47.2 Å². The third-order valence-electron chi connectivity index (χ3n) is 4.66. The summed E-state index contributed by atoms with van der Waals surface area (Å²) in [5.41, 5.74) is 2.53. The van der Waals surface area contributed by atoms with Gasteiger partial charge in [0, 0.05) is 41.2 Å². The molecule has 0 spiro atoms. The standard InChI is InChI=1S/C21H19N5O3S3/c1-14-22-12-17(31-14)5-9-21(27)19-8-2-15(10-23-19)11-24-32(28,29)18-6-3-16(4-7-18)20-13-30-26-25-20/h2-4,6-8,10,12-13,24H,5,9,11H2,1H3. The number of pyridine rings is 1. The molecule has 164 valence electrons. The molecule has 0 aliphatic rings. The molecule has 0 aliphatic heterocycles. The fraction of sp³-hybridized carbons (Fsp3) is 0.190. The first-order chi connectivity index (χ1) is 15.4. The monoisotopic (exact) mass is 485 g/mol. The van der Waals surface area contributed by atoms with Crippen LogP contribution in [0.4, 0.5) is 0 Å². The highest BCUT2D eigenvalue weighted by molar-refractivity contribution is 7.89. The second kappa shape index (κ2) is 9.74. The van der Waals surface area contributed by atoms with Gasteiger partial charge in [-0.2, -0.15) is 0 Å². The molecule has 0 unspecified atom stereocenters. The van der Waals surface area contributed by atoms with Crippen molar-refractivity contribution in [2.45, 2.75) is 31.2 Å². The number of rotatable bonds is 9. The van der Waals surface area contributed by atoms with Crippen LogP contribution in [0.15, 0.2) is 59.1 Å². The number of sulfonamides is 1. The molecule has 8 nitrogen and oxygen atoms in total. The van der Waals surface area contributed by atoms with Crippen molar-refractivity contribution in [3.8, 4) is 11.3 Å². The van der Waals surface area contributed by atoms with Crippen LogP contribution in [0.5, 0.6) is 0 Å². The summed E-state index contributed by atoms with van der Waals surface area (Å²) in [4.78, 5) is 22.0. The van der Waals surface area contributed by atoms with Gasteiger partial charge >= 0.3 is 0 Å². The van der Waals surface area contributed by atoms with Crippen LogP contribution in [0.3, 0.4) is 0 Å². The number of nitrogens with one attached hydrogen (secondary N) is 1. The van der Waals surface area contributed by atoms with Crippen LogP contribution in [0.1, 0.15) is 32.4 Å². The van der Waals surface area contributed by atoms with Crippen molar-refractivity contribution in [2.24, 2.45) is 0 Å². The number of aromatic nitrogens is 4. The van der Waals surface area contributed by atoms with Gasteiger partial charge in [0.05, 0.1) is 9.90 Å². The van der Waals surface area contributed by atoms with Gasteiger partial charge in [-0.05, 0) is 48.6 Å². The minimum atomic E-state index is -3.69. The van der Waals surface area contributed by atoms with E-state index in [0.717, 1.165) is 15.4 Å². The van der Waals surface area contributed by atoms with Crippen molar-refractivity contribution in [2.75, 3.05) is 0 Å². The molecule has 32 heavy (non-hydrogen) atoms.